The number of anilines is 2. The van der Waals surface area contributed by atoms with Gasteiger partial charge in [0.05, 0.1) is 5.69 Å². The fourth-order valence-corrected chi connectivity index (χ4v) is 4.82. The number of nitrogens with zero attached hydrogens (tertiary/aromatic N) is 1. The zero-order valence-corrected chi connectivity index (χ0v) is 17.9. The van der Waals surface area contributed by atoms with Crippen molar-refractivity contribution < 1.29 is 9.59 Å². The number of thiazole rings is 1. The number of nitrogens with one attached hydrogen (secondary N) is 3. The van der Waals surface area contributed by atoms with Crippen molar-refractivity contribution in [2.75, 3.05) is 10.6 Å². The van der Waals surface area contributed by atoms with Gasteiger partial charge in [-0.2, -0.15) is 0 Å². The summed E-state index contributed by atoms with van der Waals surface area (Å²) in [6.07, 6.45) is 4.57. The molecule has 0 saturated heterocycles. The van der Waals surface area contributed by atoms with E-state index in [4.69, 9.17) is 0 Å². The van der Waals surface area contributed by atoms with Gasteiger partial charge in [0, 0.05) is 45.7 Å². The molecule has 2 heterocycles. The Balaban J connectivity index is 1.33. The highest BCUT2D eigenvalue weighted by molar-refractivity contribution is 7.14. The van der Waals surface area contributed by atoms with E-state index in [0.29, 0.717) is 10.7 Å². The Labute approximate surface area is 183 Å². The Hall–Kier alpha value is -3.45. The summed E-state index contributed by atoms with van der Waals surface area (Å²) in [5.74, 6) is -0.265. The van der Waals surface area contributed by atoms with Gasteiger partial charge in [0.25, 0.3) is 5.91 Å². The Morgan fingerprint density at radius 1 is 1.03 bits per heavy atom. The topological polar surface area (TPSA) is 86.9 Å². The number of fused-ring (bicyclic) bond motifs is 3. The Kier molecular flexibility index (Phi) is 5.03. The number of rotatable bonds is 4. The molecule has 5 rings (SSSR count). The van der Waals surface area contributed by atoms with Gasteiger partial charge in [0.1, 0.15) is 0 Å². The number of aromatic nitrogens is 2. The largest absolute Gasteiger partial charge is 0.358 e. The molecule has 2 amide bonds. The third-order valence-corrected chi connectivity index (χ3v) is 6.34. The quantitative estimate of drug-likeness (QED) is 0.406. The van der Waals surface area contributed by atoms with E-state index in [1.807, 2.05) is 47.8 Å². The lowest BCUT2D eigenvalue weighted by molar-refractivity contribution is -0.114. The second-order valence-corrected chi connectivity index (χ2v) is 8.66. The van der Waals surface area contributed by atoms with Crippen LogP contribution in [0.3, 0.4) is 0 Å². The minimum absolute atomic E-state index is 0.107. The van der Waals surface area contributed by atoms with Crippen LogP contribution in [0.1, 0.15) is 41.4 Å². The standard InChI is InChI=1S/C24H22N4O2S/c1-14(29)25-17-9-6-15(7-10-17)22-13-31-24(27-22)28-23(30)16-8-11-21-19(12-16)18-4-2-3-5-20(18)26-21/h6-13,26H,2-5H2,1H3,(H,25,29)(H,27,28,30). The molecule has 0 bridgehead atoms. The van der Waals surface area contributed by atoms with E-state index >= 15 is 0 Å². The molecule has 0 aliphatic heterocycles. The molecule has 0 radical (unpaired) electrons. The van der Waals surface area contributed by atoms with Gasteiger partial charge < -0.3 is 10.3 Å². The second kappa shape index (κ2) is 8.00. The third-order valence-electron chi connectivity index (χ3n) is 5.59. The second-order valence-electron chi connectivity index (χ2n) is 7.80. The van der Waals surface area contributed by atoms with Crippen LogP contribution in [0.5, 0.6) is 0 Å². The van der Waals surface area contributed by atoms with E-state index in [0.717, 1.165) is 40.7 Å². The fraction of sp³-hybridized carbons (Fsp3) is 0.208. The van der Waals surface area contributed by atoms with Crippen molar-refractivity contribution in [2.45, 2.75) is 32.6 Å². The van der Waals surface area contributed by atoms with E-state index in [-0.39, 0.29) is 11.8 Å². The van der Waals surface area contributed by atoms with Crippen molar-refractivity contribution in [3.8, 4) is 11.3 Å². The van der Waals surface area contributed by atoms with Crippen molar-refractivity contribution in [3.05, 3.63) is 64.7 Å². The molecule has 0 spiro atoms. The van der Waals surface area contributed by atoms with Crippen LogP contribution in [0, 0.1) is 0 Å². The number of aromatic amines is 1. The monoisotopic (exact) mass is 430 g/mol. The molecule has 0 saturated carbocycles. The SMILES string of the molecule is CC(=O)Nc1ccc(-c2csc(NC(=O)c3ccc4[nH]c5c(c4c3)CCCC5)n2)cc1. The summed E-state index contributed by atoms with van der Waals surface area (Å²) in [5, 5.41) is 9.29. The lowest BCUT2D eigenvalue weighted by Gasteiger charge is -2.10. The van der Waals surface area contributed by atoms with Crippen LogP contribution in [0.25, 0.3) is 22.2 Å². The lowest BCUT2D eigenvalue weighted by atomic mass is 9.95. The average molecular weight is 431 g/mol. The van der Waals surface area contributed by atoms with Crippen LogP contribution < -0.4 is 10.6 Å². The Morgan fingerprint density at radius 3 is 2.65 bits per heavy atom. The minimum Gasteiger partial charge on any atom is -0.358 e. The molecule has 0 atom stereocenters. The molecular formula is C24H22N4O2S. The van der Waals surface area contributed by atoms with Gasteiger partial charge in [-0.15, -0.1) is 11.3 Å². The number of amides is 2. The highest BCUT2D eigenvalue weighted by Crippen LogP contribution is 2.30. The van der Waals surface area contributed by atoms with Gasteiger partial charge in [0.2, 0.25) is 5.91 Å². The number of aryl methyl sites for hydroxylation is 2. The summed E-state index contributed by atoms with van der Waals surface area (Å²) in [7, 11) is 0. The van der Waals surface area contributed by atoms with E-state index in [1.165, 1.54) is 42.4 Å². The first kappa shape index (κ1) is 19.5. The molecule has 156 valence electrons. The lowest BCUT2D eigenvalue weighted by Crippen LogP contribution is -2.11. The summed E-state index contributed by atoms with van der Waals surface area (Å²) < 4.78 is 0. The zero-order valence-electron chi connectivity index (χ0n) is 17.1. The molecule has 3 N–H and O–H groups in total. The molecule has 0 fully saturated rings. The van der Waals surface area contributed by atoms with Gasteiger partial charge in [-0.3, -0.25) is 14.9 Å². The van der Waals surface area contributed by atoms with Gasteiger partial charge in [-0.1, -0.05) is 12.1 Å². The predicted molar refractivity (Wildman–Crippen MR) is 125 cm³/mol. The van der Waals surface area contributed by atoms with E-state index in [9.17, 15) is 9.59 Å². The smallest absolute Gasteiger partial charge is 0.257 e. The molecule has 7 heteroatoms. The maximum atomic E-state index is 12.8. The molecule has 0 unspecified atom stereocenters. The van der Waals surface area contributed by atoms with Crippen molar-refractivity contribution in [2.24, 2.45) is 0 Å². The normalized spacial score (nSPS) is 13.1. The molecule has 1 aliphatic rings. The van der Waals surface area contributed by atoms with Gasteiger partial charge in [0.15, 0.2) is 5.13 Å². The van der Waals surface area contributed by atoms with Crippen LogP contribution in [-0.4, -0.2) is 21.8 Å². The van der Waals surface area contributed by atoms with E-state index in [2.05, 4.69) is 20.6 Å². The van der Waals surface area contributed by atoms with E-state index in [1.54, 1.807) is 0 Å². The highest BCUT2D eigenvalue weighted by Gasteiger charge is 2.17. The Bertz CT molecular complexity index is 1290. The molecule has 1 aliphatic carbocycles. The predicted octanol–water partition coefficient (Wildman–Crippen LogP) is 5.38. The first-order chi connectivity index (χ1) is 15.1. The molecule has 31 heavy (non-hydrogen) atoms. The maximum absolute atomic E-state index is 12.8. The summed E-state index contributed by atoms with van der Waals surface area (Å²) in [6.45, 7) is 1.48. The molecule has 4 aromatic rings. The number of hydrogen-bond donors (Lipinski definition) is 3. The molecule has 6 nitrogen and oxygen atoms in total. The summed E-state index contributed by atoms with van der Waals surface area (Å²) in [5.41, 5.74) is 6.85. The van der Waals surface area contributed by atoms with Crippen LogP contribution in [0.15, 0.2) is 47.8 Å². The van der Waals surface area contributed by atoms with Crippen LogP contribution in [-0.2, 0) is 17.6 Å². The van der Waals surface area contributed by atoms with Crippen molar-refractivity contribution in [3.63, 3.8) is 0 Å². The number of carbonyl (C=O) groups is 2. The number of hydrogen-bond acceptors (Lipinski definition) is 4. The molecule has 2 aromatic heterocycles. The Morgan fingerprint density at radius 2 is 1.84 bits per heavy atom. The number of carbonyl (C=O) groups excluding carboxylic acids is 2. The fourth-order valence-electron chi connectivity index (χ4n) is 4.11. The third kappa shape index (κ3) is 3.96. The van der Waals surface area contributed by atoms with Gasteiger partial charge in [-0.05, 0) is 61.6 Å². The summed E-state index contributed by atoms with van der Waals surface area (Å²) >= 11 is 1.39. The summed E-state index contributed by atoms with van der Waals surface area (Å²) in [4.78, 5) is 32.1. The van der Waals surface area contributed by atoms with Gasteiger partial charge in [-0.25, -0.2) is 4.98 Å². The molecular weight excluding hydrogens is 408 g/mol. The summed E-state index contributed by atoms with van der Waals surface area (Å²) in [6, 6.07) is 13.3. The van der Waals surface area contributed by atoms with Crippen LogP contribution >= 0.6 is 11.3 Å². The number of H-pyrrole nitrogens is 1. The molecule has 2 aromatic carbocycles. The first-order valence-corrected chi connectivity index (χ1v) is 11.2. The average Bonchev–Trinajstić information content (AvgIpc) is 3.38. The van der Waals surface area contributed by atoms with E-state index < -0.39 is 0 Å². The van der Waals surface area contributed by atoms with Crippen LogP contribution in [0.2, 0.25) is 0 Å². The van der Waals surface area contributed by atoms with Crippen LogP contribution in [0.4, 0.5) is 10.8 Å². The minimum atomic E-state index is -0.158. The highest BCUT2D eigenvalue weighted by atomic mass is 32.1. The first-order valence-electron chi connectivity index (χ1n) is 10.4. The van der Waals surface area contributed by atoms with Crippen molar-refractivity contribution >= 4 is 44.9 Å². The zero-order chi connectivity index (χ0) is 21.4. The van der Waals surface area contributed by atoms with Gasteiger partial charge >= 0.3 is 0 Å². The number of benzene rings is 2. The van der Waals surface area contributed by atoms with Crippen molar-refractivity contribution in [1.29, 1.82) is 0 Å². The van der Waals surface area contributed by atoms with Crippen molar-refractivity contribution in [1.82, 2.24) is 9.97 Å². The maximum Gasteiger partial charge on any atom is 0.257 e.